The first-order chi connectivity index (χ1) is 10.1. The van der Waals surface area contributed by atoms with E-state index in [0.29, 0.717) is 27.2 Å². The second-order valence-corrected chi connectivity index (χ2v) is 7.09. The predicted molar refractivity (Wildman–Crippen MR) is 86.0 cm³/mol. The number of nitrogens with zero attached hydrogens (tertiary/aromatic N) is 2. The molecule has 1 aliphatic rings. The number of fused-ring (bicyclic) bond motifs is 1. The number of rotatable bonds is 4. The number of hydrogen-bond acceptors (Lipinski definition) is 5. The summed E-state index contributed by atoms with van der Waals surface area (Å²) in [5.41, 5.74) is 0.663. The van der Waals surface area contributed by atoms with E-state index < -0.39 is 0 Å². The smallest absolute Gasteiger partial charge is 0.271 e. The number of amides is 1. The Labute approximate surface area is 130 Å². The summed E-state index contributed by atoms with van der Waals surface area (Å²) in [7, 11) is 1.70. The second-order valence-electron chi connectivity index (χ2n) is 5.23. The Bertz CT molecular complexity index is 717. The molecule has 0 spiro atoms. The van der Waals surface area contributed by atoms with Gasteiger partial charge in [-0.1, -0.05) is 24.6 Å². The summed E-state index contributed by atoms with van der Waals surface area (Å²) < 4.78 is 2.18. The quantitative estimate of drug-likeness (QED) is 0.692. The minimum atomic E-state index is -0.0475. The number of nitrogens with one attached hydrogen (secondary N) is 1. The van der Waals surface area contributed by atoms with Gasteiger partial charge in [0.1, 0.15) is 4.70 Å². The molecule has 0 bridgehead atoms. The van der Waals surface area contributed by atoms with Crippen molar-refractivity contribution in [2.45, 2.75) is 36.9 Å². The average Bonchev–Trinajstić information content (AvgIpc) is 3.12. The van der Waals surface area contributed by atoms with Crippen LogP contribution in [0.1, 0.15) is 25.7 Å². The molecule has 5 nitrogen and oxygen atoms in total. The van der Waals surface area contributed by atoms with E-state index >= 15 is 0 Å². The highest BCUT2D eigenvalue weighted by Crippen LogP contribution is 2.21. The summed E-state index contributed by atoms with van der Waals surface area (Å²) in [6.45, 7) is 0. The number of aromatic nitrogens is 2. The van der Waals surface area contributed by atoms with Gasteiger partial charge in [0.25, 0.3) is 5.56 Å². The Morgan fingerprint density at radius 2 is 2.29 bits per heavy atom. The van der Waals surface area contributed by atoms with Gasteiger partial charge in [-0.2, -0.15) is 0 Å². The van der Waals surface area contributed by atoms with E-state index in [9.17, 15) is 9.59 Å². The lowest BCUT2D eigenvalue weighted by Crippen LogP contribution is -2.34. The lowest BCUT2D eigenvalue weighted by Gasteiger charge is -2.12. The number of thiophene rings is 1. The van der Waals surface area contributed by atoms with Gasteiger partial charge < -0.3 is 5.32 Å². The van der Waals surface area contributed by atoms with E-state index in [1.54, 1.807) is 7.05 Å². The maximum Gasteiger partial charge on any atom is 0.271 e. The van der Waals surface area contributed by atoms with Crippen LogP contribution in [0.15, 0.2) is 21.4 Å². The predicted octanol–water partition coefficient (Wildman–Crippen LogP) is 2.15. The van der Waals surface area contributed by atoms with Crippen molar-refractivity contribution in [3.63, 3.8) is 0 Å². The fourth-order valence-electron chi connectivity index (χ4n) is 2.57. The maximum absolute atomic E-state index is 12.2. The Hall–Kier alpha value is -1.34. The van der Waals surface area contributed by atoms with Crippen molar-refractivity contribution >= 4 is 39.2 Å². The highest BCUT2D eigenvalue weighted by atomic mass is 32.2. The summed E-state index contributed by atoms with van der Waals surface area (Å²) in [5, 5.41) is 5.49. The summed E-state index contributed by atoms with van der Waals surface area (Å²) in [6, 6.07) is 2.17. The monoisotopic (exact) mass is 323 g/mol. The molecule has 3 rings (SSSR count). The van der Waals surface area contributed by atoms with Crippen molar-refractivity contribution in [2.75, 3.05) is 5.75 Å². The molecule has 0 aromatic carbocycles. The summed E-state index contributed by atoms with van der Waals surface area (Å²) in [4.78, 5) is 28.5. The Morgan fingerprint density at radius 1 is 1.52 bits per heavy atom. The van der Waals surface area contributed by atoms with E-state index in [4.69, 9.17) is 0 Å². The molecule has 2 aromatic heterocycles. The maximum atomic E-state index is 12.2. The fourth-order valence-corrected chi connectivity index (χ4v) is 4.15. The molecule has 2 heterocycles. The third-order valence-corrected chi connectivity index (χ3v) is 5.62. The zero-order valence-corrected chi connectivity index (χ0v) is 13.4. The third kappa shape index (κ3) is 3.13. The molecule has 112 valence electrons. The molecule has 1 aliphatic carbocycles. The molecule has 0 aliphatic heterocycles. The Morgan fingerprint density at radius 3 is 3.05 bits per heavy atom. The lowest BCUT2D eigenvalue weighted by molar-refractivity contribution is -0.119. The first kappa shape index (κ1) is 14.6. The molecule has 0 saturated heterocycles. The molecular weight excluding hydrogens is 306 g/mol. The normalized spacial score (nSPS) is 15.7. The third-order valence-electron chi connectivity index (χ3n) is 3.70. The van der Waals surface area contributed by atoms with Crippen LogP contribution in [0.25, 0.3) is 10.2 Å². The first-order valence-electron chi connectivity index (χ1n) is 7.01. The molecule has 7 heteroatoms. The average molecular weight is 323 g/mol. The van der Waals surface area contributed by atoms with Crippen LogP contribution in [0.3, 0.4) is 0 Å². The van der Waals surface area contributed by atoms with Crippen molar-refractivity contribution in [1.82, 2.24) is 14.9 Å². The zero-order valence-electron chi connectivity index (χ0n) is 11.8. The van der Waals surface area contributed by atoms with Crippen molar-refractivity contribution in [2.24, 2.45) is 7.05 Å². The van der Waals surface area contributed by atoms with Crippen LogP contribution in [-0.4, -0.2) is 27.3 Å². The van der Waals surface area contributed by atoms with Crippen molar-refractivity contribution in [3.05, 3.63) is 21.8 Å². The van der Waals surface area contributed by atoms with Crippen molar-refractivity contribution < 1.29 is 4.79 Å². The number of thioether (sulfide) groups is 1. The van der Waals surface area contributed by atoms with Crippen LogP contribution in [0, 0.1) is 0 Å². The Kier molecular flexibility index (Phi) is 4.30. The molecule has 1 saturated carbocycles. The molecule has 0 radical (unpaired) electrons. The van der Waals surface area contributed by atoms with E-state index in [1.807, 2.05) is 11.4 Å². The number of hydrogen-bond donors (Lipinski definition) is 1. The van der Waals surface area contributed by atoms with Crippen LogP contribution in [0.4, 0.5) is 0 Å². The number of carbonyl (C=O) groups is 1. The van der Waals surface area contributed by atoms with Crippen LogP contribution >= 0.6 is 23.1 Å². The van der Waals surface area contributed by atoms with Crippen molar-refractivity contribution in [1.29, 1.82) is 0 Å². The van der Waals surface area contributed by atoms with Crippen LogP contribution in [-0.2, 0) is 11.8 Å². The van der Waals surface area contributed by atoms with E-state index in [0.717, 1.165) is 12.8 Å². The standard InChI is InChI=1S/C14H17N3O2S2/c1-17-13(19)12-10(6-7-20-12)16-14(17)21-8-11(18)15-9-4-2-3-5-9/h6-7,9H,2-5,8H2,1H3,(H,15,18). The minimum Gasteiger partial charge on any atom is -0.353 e. The highest BCUT2D eigenvalue weighted by Gasteiger charge is 2.18. The van der Waals surface area contributed by atoms with Gasteiger partial charge >= 0.3 is 0 Å². The molecule has 2 aromatic rings. The molecule has 0 atom stereocenters. The van der Waals surface area contributed by atoms with Gasteiger partial charge in [-0.25, -0.2) is 4.98 Å². The van der Waals surface area contributed by atoms with E-state index in [2.05, 4.69) is 10.3 Å². The van der Waals surface area contributed by atoms with Crippen molar-refractivity contribution in [3.8, 4) is 0 Å². The molecular formula is C14H17N3O2S2. The SMILES string of the molecule is Cn1c(SCC(=O)NC2CCCC2)nc2ccsc2c1=O. The van der Waals surface area contributed by atoms with Gasteiger partial charge in [-0.3, -0.25) is 14.2 Å². The van der Waals surface area contributed by atoms with E-state index in [-0.39, 0.29) is 11.5 Å². The molecule has 21 heavy (non-hydrogen) atoms. The first-order valence-corrected chi connectivity index (χ1v) is 8.88. The van der Waals surface area contributed by atoms with Crippen LogP contribution in [0.2, 0.25) is 0 Å². The zero-order chi connectivity index (χ0) is 14.8. The van der Waals surface area contributed by atoms with Crippen LogP contribution in [0.5, 0.6) is 0 Å². The molecule has 1 N–H and O–H groups in total. The molecule has 0 unspecified atom stereocenters. The molecule has 1 fully saturated rings. The fraction of sp³-hybridized carbons (Fsp3) is 0.500. The number of carbonyl (C=O) groups excluding carboxylic acids is 1. The second kappa shape index (κ2) is 6.19. The van der Waals surface area contributed by atoms with E-state index in [1.165, 1.54) is 40.5 Å². The molecule has 1 amide bonds. The van der Waals surface area contributed by atoms with Crippen LogP contribution < -0.4 is 10.9 Å². The van der Waals surface area contributed by atoms with Gasteiger partial charge in [-0.05, 0) is 24.3 Å². The summed E-state index contributed by atoms with van der Waals surface area (Å²) >= 11 is 2.71. The van der Waals surface area contributed by atoms with Gasteiger partial charge in [0.15, 0.2) is 5.16 Å². The topological polar surface area (TPSA) is 64.0 Å². The van der Waals surface area contributed by atoms with Gasteiger partial charge in [0, 0.05) is 13.1 Å². The lowest BCUT2D eigenvalue weighted by atomic mass is 10.2. The summed E-state index contributed by atoms with van der Waals surface area (Å²) in [5.74, 6) is 0.318. The highest BCUT2D eigenvalue weighted by molar-refractivity contribution is 7.99. The minimum absolute atomic E-state index is 0.0200. The Balaban J connectivity index is 1.68. The van der Waals surface area contributed by atoms with Gasteiger partial charge in [0.2, 0.25) is 5.91 Å². The largest absolute Gasteiger partial charge is 0.353 e. The van der Waals surface area contributed by atoms with Gasteiger partial charge in [0.05, 0.1) is 11.3 Å². The van der Waals surface area contributed by atoms with Gasteiger partial charge in [-0.15, -0.1) is 11.3 Å². The summed E-state index contributed by atoms with van der Waals surface area (Å²) in [6.07, 6.45) is 4.55.